The van der Waals surface area contributed by atoms with Crippen LogP contribution in [-0.4, -0.2) is 41.3 Å². The third-order valence-electron chi connectivity index (χ3n) is 3.89. The molecular weight excluding hydrogens is 328 g/mol. The molecule has 2 heterocycles. The first kappa shape index (κ1) is 16.1. The summed E-state index contributed by atoms with van der Waals surface area (Å²) in [4.78, 5) is 27.2. The van der Waals surface area contributed by atoms with Crippen molar-refractivity contribution >= 4 is 40.6 Å². The fourth-order valence-electron chi connectivity index (χ4n) is 2.53. The number of rotatable bonds is 3. The number of amides is 2. The minimum absolute atomic E-state index is 0.163. The van der Waals surface area contributed by atoms with Crippen molar-refractivity contribution in [3.63, 3.8) is 0 Å². The number of nitrogens with one attached hydrogen (secondary N) is 1. The Kier molecular flexibility index (Phi) is 5.03. The SMILES string of the molecule is CN(C(=O)C(=O)Nc1cccc(-c2cccs2)c1)[C@@H]1CCSC1. The number of benzene rings is 1. The van der Waals surface area contributed by atoms with Crippen molar-refractivity contribution in [3.8, 4) is 10.4 Å². The van der Waals surface area contributed by atoms with Gasteiger partial charge in [-0.25, -0.2) is 0 Å². The van der Waals surface area contributed by atoms with Crippen molar-refractivity contribution in [1.82, 2.24) is 4.90 Å². The van der Waals surface area contributed by atoms with E-state index in [1.165, 1.54) is 0 Å². The molecule has 1 aliphatic rings. The Morgan fingerprint density at radius 1 is 1.26 bits per heavy atom. The van der Waals surface area contributed by atoms with E-state index in [0.717, 1.165) is 28.4 Å². The molecule has 0 unspecified atom stereocenters. The summed E-state index contributed by atoms with van der Waals surface area (Å²) in [5, 5.41) is 4.73. The molecule has 6 heteroatoms. The van der Waals surface area contributed by atoms with Crippen LogP contribution < -0.4 is 5.32 Å². The maximum absolute atomic E-state index is 12.3. The standard InChI is InChI=1S/C17H18N2O2S2/c1-19(14-7-9-22-11-14)17(21)16(20)18-13-5-2-4-12(10-13)15-6-3-8-23-15/h2-6,8,10,14H,7,9,11H2,1H3,(H,18,20)/t14-/m1/s1. The predicted molar refractivity (Wildman–Crippen MR) is 96.9 cm³/mol. The smallest absolute Gasteiger partial charge is 0.313 e. The number of carbonyl (C=O) groups is 2. The summed E-state index contributed by atoms with van der Waals surface area (Å²) < 4.78 is 0. The van der Waals surface area contributed by atoms with Crippen molar-refractivity contribution in [2.24, 2.45) is 0 Å². The molecule has 23 heavy (non-hydrogen) atoms. The van der Waals surface area contributed by atoms with Crippen LogP contribution in [0.2, 0.25) is 0 Å². The predicted octanol–water partition coefficient (Wildman–Crippen LogP) is 3.32. The van der Waals surface area contributed by atoms with Gasteiger partial charge in [-0.2, -0.15) is 11.8 Å². The molecule has 0 saturated carbocycles. The van der Waals surface area contributed by atoms with Crippen molar-refractivity contribution in [2.45, 2.75) is 12.5 Å². The van der Waals surface area contributed by atoms with Crippen LogP contribution >= 0.6 is 23.1 Å². The second-order valence-electron chi connectivity index (χ2n) is 5.45. The van der Waals surface area contributed by atoms with Crippen LogP contribution in [0.4, 0.5) is 5.69 Å². The number of nitrogens with zero attached hydrogens (tertiary/aromatic N) is 1. The molecule has 1 saturated heterocycles. The second kappa shape index (κ2) is 7.19. The van der Waals surface area contributed by atoms with E-state index in [0.29, 0.717) is 5.69 Å². The Morgan fingerprint density at radius 2 is 2.13 bits per heavy atom. The van der Waals surface area contributed by atoms with Crippen molar-refractivity contribution in [2.75, 3.05) is 23.9 Å². The van der Waals surface area contributed by atoms with Crippen LogP contribution in [-0.2, 0) is 9.59 Å². The van der Waals surface area contributed by atoms with Crippen LogP contribution in [0.15, 0.2) is 41.8 Å². The Balaban J connectivity index is 1.67. The first-order valence-corrected chi connectivity index (χ1v) is 9.48. The lowest BCUT2D eigenvalue weighted by Gasteiger charge is -2.23. The van der Waals surface area contributed by atoms with Gasteiger partial charge in [-0.15, -0.1) is 11.3 Å². The molecule has 1 aliphatic heterocycles. The van der Waals surface area contributed by atoms with E-state index in [-0.39, 0.29) is 6.04 Å². The highest BCUT2D eigenvalue weighted by molar-refractivity contribution is 7.99. The average Bonchev–Trinajstić information content (AvgIpc) is 3.26. The summed E-state index contributed by atoms with van der Waals surface area (Å²) in [6.07, 6.45) is 0.952. The van der Waals surface area contributed by atoms with Gasteiger partial charge in [-0.1, -0.05) is 18.2 Å². The third kappa shape index (κ3) is 3.76. The first-order chi connectivity index (χ1) is 11.1. The number of carbonyl (C=O) groups excluding carboxylic acids is 2. The van der Waals surface area contributed by atoms with Crippen molar-refractivity contribution < 1.29 is 9.59 Å². The summed E-state index contributed by atoms with van der Waals surface area (Å²) in [5.74, 6) is 0.905. The fourth-order valence-corrected chi connectivity index (χ4v) is 4.52. The van der Waals surface area contributed by atoms with Gasteiger partial charge in [0.2, 0.25) is 0 Å². The van der Waals surface area contributed by atoms with Gasteiger partial charge >= 0.3 is 11.8 Å². The Morgan fingerprint density at radius 3 is 2.83 bits per heavy atom. The van der Waals surface area contributed by atoms with E-state index >= 15 is 0 Å². The van der Waals surface area contributed by atoms with Gasteiger partial charge < -0.3 is 10.2 Å². The minimum Gasteiger partial charge on any atom is -0.334 e. The zero-order valence-corrected chi connectivity index (χ0v) is 14.5. The third-order valence-corrected chi connectivity index (χ3v) is 5.96. The van der Waals surface area contributed by atoms with Gasteiger partial charge in [0, 0.05) is 29.4 Å². The molecule has 0 aliphatic carbocycles. The molecule has 3 rings (SSSR count). The Hall–Kier alpha value is -1.79. The fraction of sp³-hybridized carbons (Fsp3) is 0.294. The number of hydrogen-bond acceptors (Lipinski definition) is 4. The van der Waals surface area contributed by atoms with E-state index in [1.54, 1.807) is 29.4 Å². The van der Waals surface area contributed by atoms with Crippen molar-refractivity contribution in [1.29, 1.82) is 0 Å². The minimum atomic E-state index is -0.576. The molecule has 1 aromatic heterocycles. The zero-order valence-electron chi connectivity index (χ0n) is 12.8. The quantitative estimate of drug-likeness (QED) is 0.868. The highest BCUT2D eigenvalue weighted by Crippen LogP contribution is 2.27. The number of likely N-dealkylation sites (N-methyl/N-ethyl adjacent to an activating group) is 1. The van der Waals surface area contributed by atoms with Gasteiger partial charge in [-0.3, -0.25) is 9.59 Å². The lowest BCUT2D eigenvalue weighted by Crippen LogP contribution is -2.43. The van der Waals surface area contributed by atoms with Gasteiger partial charge in [0.15, 0.2) is 0 Å². The number of anilines is 1. The molecule has 120 valence electrons. The maximum atomic E-state index is 12.3. The van der Waals surface area contributed by atoms with Crippen LogP contribution in [0, 0.1) is 0 Å². The molecule has 1 N–H and O–H groups in total. The normalized spacial score (nSPS) is 17.0. The molecule has 2 amide bonds. The zero-order chi connectivity index (χ0) is 16.2. The summed E-state index contributed by atoms with van der Waals surface area (Å²) >= 11 is 3.46. The monoisotopic (exact) mass is 346 g/mol. The van der Waals surface area contributed by atoms with Gasteiger partial charge in [-0.05, 0) is 41.3 Å². The lowest BCUT2D eigenvalue weighted by molar-refractivity contribution is -0.143. The van der Waals surface area contributed by atoms with Gasteiger partial charge in [0.05, 0.1) is 0 Å². The molecule has 2 aromatic rings. The number of hydrogen-bond donors (Lipinski definition) is 1. The molecular formula is C17H18N2O2S2. The van der Waals surface area contributed by atoms with E-state index in [1.807, 2.05) is 47.5 Å². The molecule has 0 bridgehead atoms. The molecule has 1 fully saturated rings. The topological polar surface area (TPSA) is 49.4 Å². The first-order valence-electron chi connectivity index (χ1n) is 7.45. The maximum Gasteiger partial charge on any atom is 0.313 e. The van der Waals surface area contributed by atoms with Crippen LogP contribution in [0.3, 0.4) is 0 Å². The highest BCUT2D eigenvalue weighted by Gasteiger charge is 2.27. The van der Waals surface area contributed by atoms with E-state index in [9.17, 15) is 9.59 Å². The van der Waals surface area contributed by atoms with Gasteiger partial charge in [0.1, 0.15) is 0 Å². The number of thiophene rings is 1. The molecule has 0 spiro atoms. The highest BCUT2D eigenvalue weighted by atomic mass is 32.2. The summed E-state index contributed by atoms with van der Waals surface area (Å²) in [7, 11) is 1.71. The molecule has 1 aromatic carbocycles. The summed E-state index contributed by atoms with van der Waals surface area (Å²) in [5.41, 5.74) is 1.68. The van der Waals surface area contributed by atoms with Crippen LogP contribution in [0.1, 0.15) is 6.42 Å². The Labute approximate surface area is 143 Å². The van der Waals surface area contributed by atoms with E-state index in [2.05, 4.69) is 5.32 Å². The molecule has 0 radical (unpaired) electrons. The van der Waals surface area contributed by atoms with E-state index < -0.39 is 11.8 Å². The van der Waals surface area contributed by atoms with E-state index in [4.69, 9.17) is 0 Å². The average molecular weight is 346 g/mol. The summed E-state index contributed by atoms with van der Waals surface area (Å²) in [6.45, 7) is 0. The molecule has 1 atom stereocenters. The largest absolute Gasteiger partial charge is 0.334 e. The number of thioether (sulfide) groups is 1. The van der Waals surface area contributed by atoms with Crippen LogP contribution in [0.5, 0.6) is 0 Å². The summed E-state index contributed by atoms with van der Waals surface area (Å²) in [6, 6.07) is 11.7. The van der Waals surface area contributed by atoms with Crippen LogP contribution in [0.25, 0.3) is 10.4 Å². The molecule has 4 nitrogen and oxygen atoms in total. The lowest BCUT2D eigenvalue weighted by atomic mass is 10.1. The van der Waals surface area contributed by atoms with Crippen molar-refractivity contribution in [3.05, 3.63) is 41.8 Å². The Bertz CT molecular complexity index is 694. The second-order valence-corrected chi connectivity index (χ2v) is 7.54. The van der Waals surface area contributed by atoms with Gasteiger partial charge in [0.25, 0.3) is 0 Å².